The molecule has 0 bridgehead atoms. The molecule has 1 aromatic carbocycles. The number of piperidine rings is 1. The number of sulfonamides is 1. The molecular weight excluding hydrogens is 278 g/mol. The van der Waals surface area contributed by atoms with Crippen molar-refractivity contribution in [1.29, 1.82) is 0 Å². The zero-order valence-corrected chi connectivity index (χ0v) is 10.6. The predicted molar refractivity (Wildman–Crippen MR) is 62.7 cm³/mol. The van der Waals surface area contributed by atoms with Gasteiger partial charge in [-0.2, -0.15) is 4.72 Å². The summed E-state index contributed by atoms with van der Waals surface area (Å²) >= 11 is 0. The van der Waals surface area contributed by atoms with E-state index >= 15 is 0 Å². The molecule has 0 saturated carbocycles. The van der Waals surface area contributed by atoms with E-state index in [9.17, 15) is 22.0 Å². The Morgan fingerprint density at radius 1 is 1.26 bits per heavy atom. The van der Waals surface area contributed by atoms with Crippen molar-refractivity contribution in [2.24, 2.45) is 0 Å². The zero-order valence-electron chi connectivity index (χ0n) is 9.82. The summed E-state index contributed by atoms with van der Waals surface area (Å²) in [6, 6.07) is 1.37. The van der Waals surface area contributed by atoms with E-state index in [1.807, 2.05) is 0 Å². The number of halogens is 2. The van der Waals surface area contributed by atoms with Gasteiger partial charge in [0.05, 0.1) is 4.90 Å². The summed E-state index contributed by atoms with van der Waals surface area (Å²) in [5, 5.41) is 2.53. The van der Waals surface area contributed by atoms with E-state index in [-0.39, 0.29) is 0 Å². The Balaban J connectivity index is 2.22. The minimum atomic E-state index is -4.05. The minimum absolute atomic E-state index is 0.370. The number of benzene rings is 1. The molecule has 8 heteroatoms. The van der Waals surface area contributed by atoms with Crippen LogP contribution in [0.2, 0.25) is 0 Å². The van der Waals surface area contributed by atoms with E-state index in [0.717, 1.165) is 12.1 Å². The van der Waals surface area contributed by atoms with Crippen molar-refractivity contribution in [1.82, 2.24) is 10.0 Å². The van der Waals surface area contributed by atoms with Crippen LogP contribution >= 0.6 is 0 Å². The van der Waals surface area contributed by atoms with Gasteiger partial charge in [0.2, 0.25) is 15.9 Å². The summed E-state index contributed by atoms with van der Waals surface area (Å²) in [5.74, 6) is -2.80. The fourth-order valence-corrected chi connectivity index (χ4v) is 3.03. The lowest BCUT2D eigenvalue weighted by Crippen LogP contribution is -2.50. The summed E-state index contributed by atoms with van der Waals surface area (Å²) in [6.07, 6.45) is 1.02. The third-order valence-corrected chi connectivity index (χ3v) is 4.25. The van der Waals surface area contributed by atoms with Crippen LogP contribution < -0.4 is 10.0 Å². The molecule has 0 aliphatic carbocycles. The van der Waals surface area contributed by atoms with Crippen molar-refractivity contribution in [2.75, 3.05) is 6.54 Å². The Bertz CT molecular complexity index is 604. The zero-order chi connectivity index (χ0) is 14.0. The summed E-state index contributed by atoms with van der Waals surface area (Å²) in [5.41, 5.74) is 0. The fraction of sp³-hybridized carbons (Fsp3) is 0.364. The van der Waals surface area contributed by atoms with Crippen molar-refractivity contribution in [3.8, 4) is 0 Å². The monoisotopic (exact) mass is 290 g/mol. The smallest absolute Gasteiger partial charge is 0.241 e. The SMILES string of the molecule is O=C1NCCC[C@@H]1NS(=O)(=O)c1ccc(F)c(F)c1. The highest BCUT2D eigenvalue weighted by molar-refractivity contribution is 7.89. The molecule has 1 heterocycles. The first-order valence-corrected chi connectivity index (χ1v) is 7.13. The molecule has 1 amide bonds. The maximum absolute atomic E-state index is 13.0. The highest BCUT2D eigenvalue weighted by atomic mass is 32.2. The van der Waals surface area contributed by atoms with Crippen LogP contribution in [0.15, 0.2) is 23.1 Å². The second-order valence-corrected chi connectivity index (χ2v) is 5.90. The van der Waals surface area contributed by atoms with Crippen LogP contribution in [0.4, 0.5) is 8.78 Å². The average molecular weight is 290 g/mol. The molecule has 0 radical (unpaired) electrons. The van der Waals surface area contributed by atoms with Gasteiger partial charge in [0.25, 0.3) is 0 Å². The van der Waals surface area contributed by atoms with Crippen LogP contribution in [0.5, 0.6) is 0 Å². The first-order chi connectivity index (χ1) is 8.90. The third kappa shape index (κ3) is 3.07. The molecule has 104 valence electrons. The summed E-state index contributed by atoms with van der Waals surface area (Å²) < 4.78 is 51.8. The Morgan fingerprint density at radius 2 is 2.00 bits per heavy atom. The number of hydrogen-bond acceptors (Lipinski definition) is 3. The number of carbonyl (C=O) groups is 1. The summed E-state index contributed by atoms with van der Waals surface area (Å²) in [4.78, 5) is 11.0. The quantitative estimate of drug-likeness (QED) is 0.852. The lowest BCUT2D eigenvalue weighted by Gasteiger charge is -2.22. The predicted octanol–water partition coefficient (Wildman–Crippen LogP) is 0.522. The maximum atomic E-state index is 13.0. The van der Waals surface area contributed by atoms with Crippen LogP contribution in [0.25, 0.3) is 0 Å². The van der Waals surface area contributed by atoms with Crippen LogP contribution in [-0.2, 0) is 14.8 Å². The van der Waals surface area contributed by atoms with Gasteiger partial charge >= 0.3 is 0 Å². The maximum Gasteiger partial charge on any atom is 0.241 e. The Kier molecular flexibility index (Phi) is 3.81. The standard InChI is InChI=1S/C11H12F2N2O3S/c12-8-4-3-7(6-9(8)13)19(17,18)15-10-2-1-5-14-11(10)16/h3-4,6,10,15H,1-2,5H2,(H,14,16)/t10-/m0/s1. The molecule has 1 aliphatic heterocycles. The normalized spacial score (nSPS) is 20.1. The molecule has 1 atom stereocenters. The molecule has 2 N–H and O–H groups in total. The molecule has 5 nitrogen and oxygen atoms in total. The van der Waals surface area contributed by atoms with Gasteiger partial charge < -0.3 is 5.32 Å². The molecule has 0 unspecified atom stereocenters. The van der Waals surface area contributed by atoms with Gasteiger partial charge in [-0.3, -0.25) is 4.79 Å². The molecule has 1 aromatic rings. The highest BCUT2D eigenvalue weighted by Crippen LogP contribution is 2.15. The molecule has 1 saturated heterocycles. The van der Waals surface area contributed by atoms with E-state index in [0.29, 0.717) is 25.5 Å². The fourth-order valence-electron chi connectivity index (χ4n) is 1.78. The first-order valence-electron chi connectivity index (χ1n) is 5.65. The molecule has 1 fully saturated rings. The van der Waals surface area contributed by atoms with E-state index < -0.39 is 38.5 Å². The van der Waals surface area contributed by atoms with Crippen LogP contribution in [0, 0.1) is 11.6 Å². The van der Waals surface area contributed by atoms with Gasteiger partial charge in [0.1, 0.15) is 6.04 Å². The number of amides is 1. The van der Waals surface area contributed by atoms with Crippen molar-refractivity contribution >= 4 is 15.9 Å². The number of hydrogen-bond donors (Lipinski definition) is 2. The Morgan fingerprint density at radius 3 is 2.63 bits per heavy atom. The van der Waals surface area contributed by atoms with Gasteiger partial charge in [-0.25, -0.2) is 17.2 Å². The van der Waals surface area contributed by atoms with Crippen molar-refractivity contribution in [3.05, 3.63) is 29.8 Å². The van der Waals surface area contributed by atoms with Gasteiger partial charge in [0, 0.05) is 6.54 Å². The van der Waals surface area contributed by atoms with Gasteiger partial charge in [-0.1, -0.05) is 0 Å². The van der Waals surface area contributed by atoms with E-state index in [1.165, 1.54) is 0 Å². The molecule has 2 rings (SSSR count). The van der Waals surface area contributed by atoms with E-state index in [4.69, 9.17) is 0 Å². The van der Waals surface area contributed by atoms with Crippen LogP contribution in [-0.4, -0.2) is 26.9 Å². The second kappa shape index (κ2) is 5.22. The lowest BCUT2D eigenvalue weighted by atomic mass is 10.1. The van der Waals surface area contributed by atoms with Crippen molar-refractivity contribution < 1.29 is 22.0 Å². The van der Waals surface area contributed by atoms with Gasteiger partial charge in [-0.05, 0) is 31.0 Å². The van der Waals surface area contributed by atoms with Gasteiger partial charge in [0.15, 0.2) is 11.6 Å². The Hall–Kier alpha value is -1.54. The molecule has 19 heavy (non-hydrogen) atoms. The second-order valence-electron chi connectivity index (χ2n) is 4.18. The summed E-state index contributed by atoms with van der Waals surface area (Å²) in [6.45, 7) is 0.502. The number of carbonyl (C=O) groups excluding carboxylic acids is 1. The minimum Gasteiger partial charge on any atom is -0.355 e. The Labute approximate surface area is 109 Å². The van der Waals surface area contributed by atoms with E-state index in [2.05, 4.69) is 10.0 Å². The molecule has 0 spiro atoms. The molecular formula is C11H12F2N2O3S. The largest absolute Gasteiger partial charge is 0.355 e. The van der Waals surface area contributed by atoms with Crippen molar-refractivity contribution in [2.45, 2.75) is 23.8 Å². The van der Waals surface area contributed by atoms with Crippen LogP contribution in [0.1, 0.15) is 12.8 Å². The first kappa shape index (κ1) is 13.9. The highest BCUT2D eigenvalue weighted by Gasteiger charge is 2.28. The van der Waals surface area contributed by atoms with Crippen molar-refractivity contribution in [3.63, 3.8) is 0 Å². The average Bonchev–Trinajstić information content (AvgIpc) is 2.35. The van der Waals surface area contributed by atoms with Crippen LogP contribution in [0.3, 0.4) is 0 Å². The lowest BCUT2D eigenvalue weighted by molar-refractivity contribution is -0.124. The number of rotatable bonds is 3. The third-order valence-electron chi connectivity index (χ3n) is 2.78. The number of nitrogens with one attached hydrogen (secondary N) is 2. The molecule has 0 aromatic heterocycles. The summed E-state index contributed by atoms with van der Waals surface area (Å²) in [7, 11) is -4.05. The van der Waals surface area contributed by atoms with E-state index in [1.54, 1.807) is 0 Å². The molecule has 1 aliphatic rings. The topological polar surface area (TPSA) is 75.3 Å². The van der Waals surface area contributed by atoms with Gasteiger partial charge in [-0.15, -0.1) is 0 Å².